The first-order valence-corrected chi connectivity index (χ1v) is 13.4. The van der Waals surface area contributed by atoms with Gasteiger partial charge in [0.05, 0.1) is 0 Å². The molecule has 6 rings (SSSR count). The molecular formula is C38H28B-. The molecule has 0 aromatic heterocycles. The Bertz CT molecular complexity index is 1490. The molecular weight excluding hydrogens is 467 g/mol. The Morgan fingerprint density at radius 1 is 0.308 bits per heavy atom. The lowest BCUT2D eigenvalue weighted by molar-refractivity contribution is 1.61. The Morgan fingerprint density at radius 2 is 0.538 bits per heavy atom. The van der Waals surface area contributed by atoms with Crippen LogP contribution in [0.25, 0.3) is 33.4 Å². The molecule has 1 heteroatoms. The van der Waals surface area contributed by atoms with Gasteiger partial charge in [0.2, 0.25) is 0 Å². The van der Waals surface area contributed by atoms with Crippen LogP contribution in [0.2, 0.25) is 0 Å². The highest BCUT2D eigenvalue weighted by Crippen LogP contribution is 2.22. The van der Waals surface area contributed by atoms with E-state index in [1.165, 1.54) is 33.4 Å². The average Bonchev–Trinajstić information content (AvgIpc) is 3.04. The van der Waals surface area contributed by atoms with Crippen molar-refractivity contribution in [3.05, 3.63) is 164 Å². The van der Waals surface area contributed by atoms with Crippen molar-refractivity contribution in [2.45, 2.75) is 0 Å². The van der Waals surface area contributed by atoms with Crippen LogP contribution in [0.4, 0.5) is 0 Å². The van der Waals surface area contributed by atoms with Crippen LogP contribution in [0, 0.1) is 12.2 Å². The molecule has 0 spiro atoms. The van der Waals surface area contributed by atoms with E-state index in [2.05, 4.69) is 151 Å². The van der Waals surface area contributed by atoms with Crippen molar-refractivity contribution >= 4 is 22.5 Å². The molecule has 0 radical (unpaired) electrons. The van der Waals surface area contributed by atoms with Crippen LogP contribution in [0.15, 0.2) is 164 Å². The van der Waals surface area contributed by atoms with Crippen molar-refractivity contribution in [1.82, 2.24) is 0 Å². The predicted molar refractivity (Wildman–Crippen MR) is 169 cm³/mol. The summed E-state index contributed by atoms with van der Waals surface area (Å²) >= 11 is 0. The summed E-state index contributed by atoms with van der Waals surface area (Å²) in [6, 6.07) is 57.8. The molecule has 0 fully saturated rings. The first-order chi connectivity index (χ1) is 19.3. The second kappa shape index (κ2) is 10.7. The lowest BCUT2D eigenvalue weighted by Gasteiger charge is -2.39. The third-order valence-corrected chi connectivity index (χ3v) is 7.80. The van der Waals surface area contributed by atoms with Gasteiger partial charge in [-0.1, -0.05) is 164 Å². The largest absolute Gasteiger partial charge is 0.301 e. The first-order valence-electron chi connectivity index (χ1n) is 13.4. The third kappa shape index (κ3) is 4.70. The van der Waals surface area contributed by atoms with E-state index >= 15 is 0 Å². The van der Waals surface area contributed by atoms with Crippen molar-refractivity contribution in [1.29, 1.82) is 0 Å². The summed E-state index contributed by atoms with van der Waals surface area (Å²) in [5.74, 6) is 3.30. The maximum Gasteiger partial charge on any atom is 0.148 e. The molecule has 0 N–H and O–H groups in total. The average molecular weight is 495 g/mol. The molecule has 0 bridgehead atoms. The molecule has 0 amide bonds. The molecule has 0 unspecified atom stereocenters. The van der Waals surface area contributed by atoms with Crippen molar-refractivity contribution in [2.24, 2.45) is 0 Å². The first kappa shape index (κ1) is 24.3. The monoisotopic (exact) mass is 495 g/mol. The maximum absolute atomic E-state index is 6.53. The number of rotatable bonds is 6. The maximum atomic E-state index is 6.53. The summed E-state index contributed by atoms with van der Waals surface area (Å²) in [7, 11) is 0. The Morgan fingerprint density at radius 3 is 0.769 bits per heavy atom. The molecule has 0 aliphatic heterocycles. The predicted octanol–water partition coefficient (Wildman–Crippen LogP) is 7.33. The summed E-state index contributed by atoms with van der Waals surface area (Å²) < 4.78 is 0. The summed E-state index contributed by atoms with van der Waals surface area (Å²) in [5.41, 5.74) is 10.5. The molecule has 6 aromatic carbocycles. The number of terminal acetylenes is 1. The smallest absolute Gasteiger partial charge is 0.148 e. The van der Waals surface area contributed by atoms with E-state index in [1.807, 2.05) is 18.2 Å². The van der Waals surface area contributed by atoms with E-state index < -0.39 is 6.15 Å². The summed E-state index contributed by atoms with van der Waals surface area (Å²) in [5, 5.41) is 0. The van der Waals surface area contributed by atoms with Crippen molar-refractivity contribution in [3.8, 4) is 45.6 Å². The Hall–Kier alpha value is -5.06. The van der Waals surface area contributed by atoms with Gasteiger partial charge in [0.25, 0.3) is 0 Å². The van der Waals surface area contributed by atoms with Gasteiger partial charge in [0.1, 0.15) is 6.15 Å². The lowest BCUT2D eigenvalue weighted by Crippen LogP contribution is -2.66. The third-order valence-electron chi connectivity index (χ3n) is 7.80. The fraction of sp³-hybridized carbons (Fsp3) is 0. The van der Waals surface area contributed by atoms with Gasteiger partial charge in [-0.15, -0.1) is 0 Å². The number of hydrogen-bond acceptors (Lipinski definition) is 0. The van der Waals surface area contributed by atoms with Gasteiger partial charge in [-0.25, -0.2) is 0 Å². The van der Waals surface area contributed by atoms with Gasteiger partial charge in [-0.05, 0) is 33.4 Å². The van der Waals surface area contributed by atoms with Gasteiger partial charge in [-0.2, -0.15) is 22.8 Å². The molecule has 0 heterocycles. The Balaban J connectivity index is 1.47. The van der Waals surface area contributed by atoms with Gasteiger partial charge in [0.15, 0.2) is 0 Å². The highest BCUT2D eigenvalue weighted by atomic mass is 14.1. The van der Waals surface area contributed by atoms with Crippen LogP contribution >= 0.6 is 0 Å². The number of hydrogen-bond donors (Lipinski definition) is 0. The van der Waals surface area contributed by atoms with Gasteiger partial charge >= 0.3 is 0 Å². The fourth-order valence-electron chi connectivity index (χ4n) is 5.65. The minimum Gasteiger partial charge on any atom is -0.301 e. The summed E-state index contributed by atoms with van der Waals surface area (Å²) in [6.07, 6.45) is 4.89. The van der Waals surface area contributed by atoms with Crippen LogP contribution in [0.3, 0.4) is 0 Å². The van der Waals surface area contributed by atoms with Crippen molar-refractivity contribution < 1.29 is 0 Å². The lowest BCUT2D eigenvalue weighted by atomic mass is 9.16. The second-order valence-corrected chi connectivity index (χ2v) is 10.00. The van der Waals surface area contributed by atoms with Crippen molar-refractivity contribution in [3.63, 3.8) is 0 Å². The molecule has 0 saturated heterocycles. The van der Waals surface area contributed by atoms with E-state index in [1.54, 1.807) is 0 Å². The zero-order chi connectivity index (χ0) is 26.5. The van der Waals surface area contributed by atoms with Crippen LogP contribution in [-0.4, -0.2) is 6.15 Å². The highest BCUT2D eigenvalue weighted by Gasteiger charge is 2.28. The summed E-state index contributed by atoms with van der Waals surface area (Å²) in [4.78, 5) is 0. The highest BCUT2D eigenvalue weighted by molar-refractivity contribution is 7.16. The van der Waals surface area contributed by atoms with Gasteiger partial charge in [-0.3, -0.25) is 0 Å². The second-order valence-electron chi connectivity index (χ2n) is 10.00. The molecule has 0 saturated carbocycles. The Labute approximate surface area is 231 Å². The molecule has 0 atom stereocenters. The zero-order valence-electron chi connectivity index (χ0n) is 21.7. The quantitative estimate of drug-likeness (QED) is 0.168. The molecule has 39 heavy (non-hydrogen) atoms. The van der Waals surface area contributed by atoms with E-state index in [4.69, 9.17) is 6.42 Å². The van der Waals surface area contributed by atoms with Crippen LogP contribution in [0.1, 0.15) is 0 Å². The molecule has 0 aliphatic carbocycles. The van der Waals surface area contributed by atoms with Crippen LogP contribution in [-0.2, 0) is 0 Å². The Kier molecular flexibility index (Phi) is 6.69. The van der Waals surface area contributed by atoms with Crippen molar-refractivity contribution in [2.75, 3.05) is 0 Å². The summed E-state index contributed by atoms with van der Waals surface area (Å²) in [6.45, 7) is 0. The minimum absolute atomic E-state index is 1.14. The van der Waals surface area contributed by atoms with Gasteiger partial charge < -0.3 is 5.82 Å². The van der Waals surface area contributed by atoms with E-state index in [9.17, 15) is 0 Å². The topological polar surface area (TPSA) is 0 Å². The normalized spacial score (nSPS) is 11.1. The minimum atomic E-state index is -1.64. The van der Waals surface area contributed by atoms with E-state index in [0.29, 0.717) is 0 Å². The van der Waals surface area contributed by atoms with E-state index in [0.717, 1.165) is 16.4 Å². The molecule has 0 nitrogen and oxygen atoms in total. The standard InChI is InChI=1S/C38H28B/c1-2-39(36-24-18-33(19-25-36)30-12-6-3-7-13-30,37-26-20-34(21-27-37)31-14-8-4-9-15-31)38-28-22-35(23-29-38)32-16-10-5-11-17-32/h1,3-29H/q-1. The van der Waals surface area contributed by atoms with E-state index in [-0.39, 0.29) is 0 Å². The number of benzene rings is 6. The van der Waals surface area contributed by atoms with Crippen LogP contribution < -0.4 is 16.4 Å². The molecule has 184 valence electrons. The van der Waals surface area contributed by atoms with Crippen LogP contribution in [0.5, 0.6) is 0 Å². The SMILES string of the molecule is C#C[B-](c1ccc(-c2ccccc2)cc1)(c1ccc(-c2ccccc2)cc1)c1ccc(-c2ccccc2)cc1. The zero-order valence-corrected chi connectivity index (χ0v) is 21.7. The molecule has 6 aromatic rings. The fourth-order valence-corrected chi connectivity index (χ4v) is 5.65. The molecule has 0 aliphatic rings. The van der Waals surface area contributed by atoms with Gasteiger partial charge in [0, 0.05) is 0 Å².